The summed E-state index contributed by atoms with van der Waals surface area (Å²) in [5.41, 5.74) is 4.72. The lowest BCUT2D eigenvalue weighted by atomic mass is 10.0. The maximum atomic E-state index is 13.8. The van der Waals surface area contributed by atoms with E-state index in [9.17, 15) is 4.79 Å². The number of para-hydroxylation sites is 1. The number of carbonyl (C=O) groups excluding carboxylic acids is 1. The zero-order valence-corrected chi connectivity index (χ0v) is 20.7. The van der Waals surface area contributed by atoms with Crippen LogP contribution in [0.2, 0.25) is 0 Å². The van der Waals surface area contributed by atoms with Gasteiger partial charge in [-0.1, -0.05) is 37.3 Å². The van der Waals surface area contributed by atoms with Crippen LogP contribution in [0.4, 0.5) is 5.13 Å². The first kappa shape index (κ1) is 22.4. The van der Waals surface area contributed by atoms with Crippen LogP contribution >= 0.6 is 11.3 Å². The van der Waals surface area contributed by atoms with E-state index in [1.807, 2.05) is 24.6 Å². The largest absolute Gasteiger partial charge is 0.486 e. The van der Waals surface area contributed by atoms with Gasteiger partial charge in [-0.05, 0) is 55.7 Å². The molecule has 2 aromatic heterocycles. The van der Waals surface area contributed by atoms with Crippen molar-refractivity contribution in [2.24, 2.45) is 0 Å². The Morgan fingerprint density at radius 2 is 1.91 bits per heavy atom. The van der Waals surface area contributed by atoms with E-state index >= 15 is 0 Å². The highest BCUT2D eigenvalue weighted by Gasteiger charge is 2.24. The third-order valence-corrected chi connectivity index (χ3v) is 7.01. The second-order valence-corrected chi connectivity index (χ2v) is 9.82. The molecule has 3 heterocycles. The topological polar surface area (TPSA) is 69.5 Å². The van der Waals surface area contributed by atoms with Crippen molar-refractivity contribution in [2.45, 2.75) is 40.2 Å². The van der Waals surface area contributed by atoms with Crippen LogP contribution in [0.3, 0.4) is 0 Å². The quantitative estimate of drug-likeness (QED) is 0.375. The normalized spacial score (nSPS) is 13.0. The van der Waals surface area contributed by atoms with Gasteiger partial charge in [0.1, 0.15) is 13.2 Å². The second-order valence-electron chi connectivity index (χ2n) is 8.81. The summed E-state index contributed by atoms with van der Waals surface area (Å²) in [6, 6.07) is 13.6. The van der Waals surface area contributed by atoms with Crippen molar-refractivity contribution in [2.75, 3.05) is 24.7 Å². The minimum atomic E-state index is -0.122. The molecule has 0 N–H and O–H groups in total. The number of anilines is 1. The standard InChI is InChI=1S/C26H28N4O3S/c1-16(2)20-6-5-7-23-24(20)27-26(34-23)29(10-11-30-18(4)14-17(3)28-30)25(31)19-8-9-21-22(15-19)33-13-12-32-21/h5-9,14-16H,10-13H2,1-4H3. The Kier molecular flexibility index (Phi) is 6.00. The molecule has 0 atom stereocenters. The molecule has 1 aliphatic heterocycles. The van der Waals surface area contributed by atoms with Crippen LogP contribution in [0.1, 0.15) is 47.1 Å². The maximum Gasteiger partial charge on any atom is 0.260 e. The molecule has 0 saturated carbocycles. The van der Waals surface area contributed by atoms with E-state index in [4.69, 9.17) is 14.5 Å². The summed E-state index contributed by atoms with van der Waals surface area (Å²) in [5, 5.41) is 5.26. The fraction of sp³-hybridized carbons (Fsp3) is 0.346. The zero-order chi connectivity index (χ0) is 23.8. The van der Waals surface area contributed by atoms with Gasteiger partial charge < -0.3 is 9.47 Å². The van der Waals surface area contributed by atoms with Gasteiger partial charge in [0, 0.05) is 17.8 Å². The first-order chi connectivity index (χ1) is 16.4. The number of aryl methyl sites for hydroxylation is 2. The lowest BCUT2D eigenvalue weighted by molar-refractivity contribution is 0.0984. The number of fused-ring (bicyclic) bond motifs is 2. The second kappa shape index (κ2) is 9.10. The summed E-state index contributed by atoms with van der Waals surface area (Å²) >= 11 is 1.54. The van der Waals surface area contributed by atoms with Gasteiger partial charge in [0.25, 0.3) is 5.91 Å². The molecular formula is C26H28N4O3S. The molecule has 176 valence electrons. The number of rotatable bonds is 6. The maximum absolute atomic E-state index is 13.8. The van der Waals surface area contributed by atoms with Crippen molar-refractivity contribution in [3.63, 3.8) is 0 Å². The van der Waals surface area contributed by atoms with Gasteiger partial charge in [-0.15, -0.1) is 0 Å². The van der Waals surface area contributed by atoms with Crippen molar-refractivity contribution in [1.82, 2.24) is 14.8 Å². The predicted octanol–water partition coefficient (Wildman–Crippen LogP) is 5.35. The van der Waals surface area contributed by atoms with Crippen molar-refractivity contribution in [3.8, 4) is 11.5 Å². The summed E-state index contributed by atoms with van der Waals surface area (Å²) in [6.07, 6.45) is 0. The molecule has 0 fully saturated rings. The van der Waals surface area contributed by atoms with E-state index in [1.54, 1.807) is 34.4 Å². The number of ether oxygens (including phenoxy) is 2. The van der Waals surface area contributed by atoms with E-state index < -0.39 is 0 Å². The van der Waals surface area contributed by atoms with Crippen molar-refractivity contribution in [1.29, 1.82) is 0 Å². The Labute approximate surface area is 202 Å². The monoisotopic (exact) mass is 476 g/mol. The molecule has 34 heavy (non-hydrogen) atoms. The smallest absolute Gasteiger partial charge is 0.260 e. The summed E-state index contributed by atoms with van der Waals surface area (Å²) in [6.45, 7) is 10.3. The molecule has 0 saturated heterocycles. The molecule has 0 unspecified atom stereocenters. The predicted molar refractivity (Wildman–Crippen MR) is 135 cm³/mol. The van der Waals surface area contributed by atoms with Crippen LogP contribution in [0.25, 0.3) is 10.2 Å². The van der Waals surface area contributed by atoms with Crippen LogP contribution in [-0.2, 0) is 6.54 Å². The SMILES string of the molecule is Cc1cc(C)n(CCN(C(=O)c2ccc3c(c2)OCCO3)c2nc3c(C(C)C)cccc3s2)n1. The Balaban J connectivity index is 1.53. The molecule has 8 heteroatoms. The summed E-state index contributed by atoms with van der Waals surface area (Å²) in [5.74, 6) is 1.49. The fourth-order valence-electron chi connectivity index (χ4n) is 4.25. The molecule has 5 rings (SSSR count). The number of nitrogens with zero attached hydrogens (tertiary/aromatic N) is 4. The summed E-state index contributed by atoms with van der Waals surface area (Å²) < 4.78 is 14.4. The van der Waals surface area contributed by atoms with Gasteiger partial charge in [0.15, 0.2) is 16.6 Å². The van der Waals surface area contributed by atoms with E-state index in [1.165, 1.54) is 5.56 Å². The van der Waals surface area contributed by atoms with E-state index in [2.05, 4.69) is 37.1 Å². The van der Waals surface area contributed by atoms with Crippen LogP contribution in [-0.4, -0.2) is 40.4 Å². The minimum Gasteiger partial charge on any atom is -0.486 e. The van der Waals surface area contributed by atoms with E-state index in [0.717, 1.165) is 21.6 Å². The summed E-state index contributed by atoms with van der Waals surface area (Å²) in [4.78, 5) is 20.5. The lowest BCUT2D eigenvalue weighted by Gasteiger charge is -2.22. The average Bonchev–Trinajstić information content (AvgIpc) is 3.40. The highest BCUT2D eigenvalue weighted by atomic mass is 32.1. The number of aromatic nitrogens is 3. The Hall–Kier alpha value is -3.39. The van der Waals surface area contributed by atoms with Gasteiger partial charge in [0.05, 0.1) is 22.5 Å². The third kappa shape index (κ3) is 4.25. The number of amides is 1. The van der Waals surface area contributed by atoms with Crippen molar-refractivity contribution in [3.05, 3.63) is 65.0 Å². The lowest BCUT2D eigenvalue weighted by Crippen LogP contribution is -2.34. The average molecular weight is 477 g/mol. The van der Waals surface area contributed by atoms with Crippen molar-refractivity contribution < 1.29 is 14.3 Å². The van der Waals surface area contributed by atoms with Gasteiger partial charge in [-0.25, -0.2) is 4.98 Å². The minimum absolute atomic E-state index is 0.122. The van der Waals surface area contributed by atoms with Gasteiger partial charge >= 0.3 is 0 Å². The van der Waals surface area contributed by atoms with Gasteiger partial charge in [-0.2, -0.15) is 5.10 Å². The number of hydrogen-bond donors (Lipinski definition) is 0. The Bertz CT molecular complexity index is 1360. The van der Waals surface area contributed by atoms with Crippen LogP contribution in [0.15, 0.2) is 42.5 Å². The highest BCUT2D eigenvalue weighted by Crippen LogP contribution is 2.35. The molecule has 0 aliphatic carbocycles. The van der Waals surface area contributed by atoms with Crippen molar-refractivity contribution >= 4 is 32.6 Å². The molecule has 0 spiro atoms. The molecule has 0 bridgehead atoms. The Morgan fingerprint density at radius 1 is 1.12 bits per heavy atom. The molecule has 0 radical (unpaired) electrons. The molecule has 4 aromatic rings. The summed E-state index contributed by atoms with van der Waals surface area (Å²) in [7, 11) is 0. The first-order valence-electron chi connectivity index (χ1n) is 11.5. The van der Waals surface area contributed by atoms with Gasteiger partial charge in [-0.3, -0.25) is 14.4 Å². The Morgan fingerprint density at radius 3 is 2.65 bits per heavy atom. The van der Waals surface area contributed by atoms with E-state index in [-0.39, 0.29) is 5.91 Å². The number of carbonyl (C=O) groups is 1. The molecule has 1 aliphatic rings. The number of benzene rings is 2. The molecule has 7 nitrogen and oxygen atoms in total. The zero-order valence-electron chi connectivity index (χ0n) is 19.9. The van der Waals surface area contributed by atoms with Crippen LogP contribution in [0, 0.1) is 13.8 Å². The van der Waals surface area contributed by atoms with Crippen LogP contribution < -0.4 is 14.4 Å². The first-order valence-corrected chi connectivity index (χ1v) is 12.3. The highest BCUT2D eigenvalue weighted by molar-refractivity contribution is 7.22. The van der Waals surface area contributed by atoms with E-state index in [0.29, 0.717) is 54.4 Å². The van der Waals surface area contributed by atoms with Gasteiger partial charge in [0.2, 0.25) is 0 Å². The number of hydrogen-bond acceptors (Lipinski definition) is 6. The molecular weight excluding hydrogens is 448 g/mol. The third-order valence-electron chi connectivity index (χ3n) is 5.96. The number of thiazole rings is 1. The fourth-order valence-corrected chi connectivity index (χ4v) is 5.28. The molecule has 2 aromatic carbocycles. The van der Waals surface area contributed by atoms with Crippen LogP contribution in [0.5, 0.6) is 11.5 Å². The molecule has 1 amide bonds.